The van der Waals surface area contributed by atoms with Crippen molar-refractivity contribution < 1.29 is 0 Å². The summed E-state index contributed by atoms with van der Waals surface area (Å²) >= 11 is 2.40. The van der Waals surface area contributed by atoms with Gasteiger partial charge in [-0.05, 0) is 53.8 Å². The SMILES string of the molecule is CNC(c1ccn(C)n1)c1cccc(C)c1I. The molecule has 4 heteroatoms. The average Bonchev–Trinajstić information content (AvgIpc) is 2.72. The second kappa shape index (κ2) is 5.18. The molecule has 2 rings (SSSR count). The highest BCUT2D eigenvalue weighted by molar-refractivity contribution is 14.1. The Morgan fingerprint density at radius 2 is 2.12 bits per heavy atom. The molecule has 0 bridgehead atoms. The molecule has 0 aliphatic heterocycles. The molecule has 1 unspecified atom stereocenters. The summed E-state index contributed by atoms with van der Waals surface area (Å²) in [6.07, 6.45) is 1.97. The van der Waals surface area contributed by atoms with E-state index in [2.05, 4.69) is 64.2 Å². The van der Waals surface area contributed by atoms with Crippen molar-refractivity contribution in [3.8, 4) is 0 Å². The molecule has 1 atom stereocenters. The summed E-state index contributed by atoms with van der Waals surface area (Å²) < 4.78 is 3.14. The number of benzene rings is 1. The molecular formula is C13H16IN3. The van der Waals surface area contributed by atoms with Crippen LogP contribution in [0, 0.1) is 10.5 Å². The van der Waals surface area contributed by atoms with Crippen molar-refractivity contribution in [3.05, 3.63) is 50.9 Å². The third kappa shape index (κ3) is 2.52. The van der Waals surface area contributed by atoms with Crippen LogP contribution in [0.3, 0.4) is 0 Å². The lowest BCUT2D eigenvalue weighted by molar-refractivity contribution is 0.639. The third-order valence-electron chi connectivity index (χ3n) is 2.85. The second-order valence-corrected chi connectivity index (χ2v) is 5.19. The number of hydrogen-bond acceptors (Lipinski definition) is 2. The van der Waals surface area contributed by atoms with Gasteiger partial charge < -0.3 is 5.32 Å². The van der Waals surface area contributed by atoms with Gasteiger partial charge >= 0.3 is 0 Å². The van der Waals surface area contributed by atoms with Crippen LogP contribution in [0.5, 0.6) is 0 Å². The second-order valence-electron chi connectivity index (χ2n) is 4.11. The Bertz CT molecular complexity index is 519. The lowest BCUT2D eigenvalue weighted by atomic mass is 10.0. The van der Waals surface area contributed by atoms with E-state index in [0.717, 1.165) is 5.69 Å². The molecule has 17 heavy (non-hydrogen) atoms. The van der Waals surface area contributed by atoms with Crippen LogP contribution >= 0.6 is 22.6 Å². The number of rotatable bonds is 3. The first-order valence-electron chi connectivity index (χ1n) is 5.55. The molecule has 0 aliphatic rings. The molecule has 0 saturated heterocycles. The minimum atomic E-state index is 0.156. The van der Waals surface area contributed by atoms with Gasteiger partial charge in [-0.15, -0.1) is 0 Å². The number of nitrogens with one attached hydrogen (secondary N) is 1. The lowest BCUT2D eigenvalue weighted by Gasteiger charge is -2.17. The summed E-state index contributed by atoms with van der Waals surface area (Å²) in [5, 5.41) is 7.82. The quantitative estimate of drug-likeness (QED) is 0.870. The Kier molecular flexibility index (Phi) is 3.83. The molecule has 2 aromatic rings. The zero-order chi connectivity index (χ0) is 12.4. The van der Waals surface area contributed by atoms with E-state index in [0.29, 0.717) is 0 Å². The summed E-state index contributed by atoms with van der Waals surface area (Å²) in [7, 11) is 3.91. The predicted molar refractivity (Wildman–Crippen MR) is 78.0 cm³/mol. The van der Waals surface area contributed by atoms with Crippen molar-refractivity contribution >= 4 is 22.6 Å². The van der Waals surface area contributed by atoms with E-state index in [1.807, 2.05) is 25.0 Å². The van der Waals surface area contributed by atoms with Crippen molar-refractivity contribution in [1.29, 1.82) is 0 Å². The molecule has 1 aromatic heterocycles. The summed E-state index contributed by atoms with van der Waals surface area (Å²) in [6, 6.07) is 8.60. The highest BCUT2D eigenvalue weighted by atomic mass is 127. The highest BCUT2D eigenvalue weighted by Gasteiger charge is 2.17. The summed E-state index contributed by atoms with van der Waals surface area (Å²) in [6.45, 7) is 2.14. The number of hydrogen-bond donors (Lipinski definition) is 1. The fraction of sp³-hybridized carbons (Fsp3) is 0.308. The Balaban J connectivity index is 2.45. The first-order chi connectivity index (χ1) is 8.13. The zero-order valence-electron chi connectivity index (χ0n) is 10.2. The molecule has 3 nitrogen and oxygen atoms in total. The van der Waals surface area contributed by atoms with Gasteiger partial charge in [0.2, 0.25) is 0 Å². The van der Waals surface area contributed by atoms with Crippen molar-refractivity contribution in [2.45, 2.75) is 13.0 Å². The molecule has 0 fully saturated rings. The van der Waals surface area contributed by atoms with Crippen molar-refractivity contribution in [2.24, 2.45) is 7.05 Å². The van der Waals surface area contributed by atoms with Crippen LogP contribution in [0.4, 0.5) is 0 Å². The third-order valence-corrected chi connectivity index (χ3v) is 4.32. The van der Waals surface area contributed by atoms with E-state index in [1.165, 1.54) is 14.7 Å². The highest BCUT2D eigenvalue weighted by Crippen LogP contribution is 2.26. The van der Waals surface area contributed by atoms with Crippen LogP contribution in [-0.4, -0.2) is 16.8 Å². The zero-order valence-corrected chi connectivity index (χ0v) is 12.4. The maximum atomic E-state index is 4.48. The average molecular weight is 341 g/mol. The van der Waals surface area contributed by atoms with E-state index in [1.54, 1.807) is 0 Å². The first kappa shape index (κ1) is 12.6. The molecule has 0 aliphatic carbocycles. The standard InChI is InChI=1S/C13H16IN3/c1-9-5-4-6-10(12(9)14)13(15-2)11-7-8-17(3)16-11/h4-8,13,15H,1-3H3. The van der Waals surface area contributed by atoms with Crippen LogP contribution in [0.15, 0.2) is 30.5 Å². The molecule has 0 spiro atoms. The molecule has 0 amide bonds. The smallest absolute Gasteiger partial charge is 0.0839 e. The van der Waals surface area contributed by atoms with E-state index in [9.17, 15) is 0 Å². The van der Waals surface area contributed by atoms with Gasteiger partial charge in [-0.3, -0.25) is 4.68 Å². The monoisotopic (exact) mass is 341 g/mol. The minimum absolute atomic E-state index is 0.156. The van der Waals surface area contributed by atoms with E-state index in [4.69, 9.17) is 0 Å². The van der Waals surface area contributed by atoms with Gasteiger partial charge in [0.15, 0.2) is 0 Å². The van der Waals surface area contributed by atoms with Crippen molar-refractivity contribution in [1.82, 2.24) is 15.1 Å². The lowest BCUT2D eigenvalue weighted by Crippen LogP contribution is -2.19. The van der Waals surface area contributed by atoms with Crippen LogP contribution in [0.2, 0.25) is 0 Å². The molecule has 90 valence electrons. The predicted octanol–water partition coefficient (Wildman–Crippen LogP) is 2.64. The van der Waals surface area contributed by atoms with Gasteiger partial charge in [0.05, 0.1) is 11.7 Å². The van der Waals surface area contributed by atoms with Gasteiger partial charge in [0.1, 0.15) is 0 Å². The molecule has 0 saturated carbocycles. The molecule has 1 heterocycles. The normalized spacial score (nSPS) is 12.7. The Hall–Kier alpha value is -0.880. The van der Waals surface area contributed by atoms with E-state index < -0.39 is 0 Å². The van der Waals surface area contributed by atoms with Gasteiger partial charge in [-0.2, -0.15) is 5.10 Å². The first-order valence-corrected chi connectivity index (χ1v) is 6.63. The van der Waals surface area contributed by atoms with Crippen LogP contribution in [0.25, 0.3) is 0 Å². The fourth-order valence-electron chi connectivity index (χ4n) is 1.94. The number of aromatic nitrogens is 2. The van der Waals surface area contributed by atoms with Gasteiger partial charge in [0.25, 0.3) is 0 Å². The summed E-state index contributed by atoms with van der Waals surface area (Å²) in [5.41, 5.74) is 3.64. The summed E-state index contributed by atoms with van der Waals surface area (Å²) in [4.78, 5) is 0. The molecular weight excluding hydrogens is 325 g/mol. The van der Waals surface area contributed by atoms with Crippen LogP contribution in [0.1, 0.15) is 22.9 Å². The van der Waals surface area contributed by atoms with Crippen LogP contribution < -0.4 is 5.32 Å². The maximum absolute atomic E-state index is 4.48. The van der Waals surface area contributed by atoms with Crippen molar-refractivity contribution in [3.63, 3.8) is 0 Å². The fourth-order valence-corrected chi connectivity index (χ4v) is 2.61. The minimum Gasteiger partial charge on any atom is -0.308 e. The maximum Gasteiger partial charge on any atom is 0.0839 e. The van der Waals surface area contributed by atoms with Crippen LogP contribution in [-0.2, 0) is 7.05 Å². The topological polar surface area (TPSA) is 29.9 Å². The van der Waals surface area contributed by atoms with Gasteiger partial charge in [0, 0.05) is 16.8 Å². The molecule has 1 aromatic carbocycles. The Morgan fingerprint density at radius 3 is 2.71 bits per heavy atom. The van der Waals surface area contributed by atoms with Crippen molar-refractivity contribution in [2.75, 3.05) is 7.05 Å². The Labute approximate surface area is 115 Å². The van der Waals surface area contributed by atoms with Gasteiger partial charge in [-0.1, -0.05) is 18.2 Å². The molecule has 1 N–H and O–H groups in total. The van der Waals surface area contributed by atoms with E-state index >= 15 is 0 Å². The largest absolute Gasteiger partial charge is 0.308 e. The summed E-state index contributed by atoms with van der Waals surface area (Å²) in [5.74, 6) is 0. The Morgan fingerprint density at radius 1 is 1.35 bits per heavy atom. The number of nitrogens with zero attached hydrogens (tertiary/aromatic N) is 2. The number of aryl methyl sites for hydroxylation is 2. The van der Waals surface area contributed by atoms with E-state index in [-0.39, 0.29) is 6.04 Å². The van der Waals surface area contributed by atoms with Gasteiger partial charge in [-0.25, -0.2) is 0 Å². The number of halogens is 1. The molecule has 0 radical (unpaired) electrons.